The van der Waals surface area contributed by atoms with Gasteiger partial charge in [-0.05, 0) is 25.0 Å². The van der Waals surface area contributed by atoms with Gasteiger partial charge in [0.25, 0.3) is 5.91 Å². The molecule has 2 N–H and O–H groups in total. The Bertz CT molecular complexity index is 624. The quantitative estimate of drug-likeness (QED) is 0.814. The number of nitrogens with zero attached hydrogens (tertiary/aromatic N) is 1. The third-order valence-corrected chi connectivity index (χ3v) is 5.47. The van der Waals surface area contributed by atoms with Crippen LogP contribution in [0.25, 0.3) is 0 Å². The Morgan fingerprint density at radius 2 is 2.15 bits per heavy atom. The summed E-state index contributed by atoms with van der Waals surface area (Å²) >= 11 is 0. The molecule has 1 amide bonds. The number of rotatable bonds is 4. The van der Waals surface area contributed by atoms with Crippen molar-refractivity contribution in [2.45, 2.75) is 18.1 Å². The van der Waals surface area contributed by atoms with Gasteiger partial charge in [-0.3, -0.25) is 4.79 Å². The first-order chi connectivity index (χ1) is 9.40. The molecule has 0 radical (unpaired) electrons. The minimum atomic E-state index is -3.09. The van der Waals surface area contributed by atoms with E-state index in [4.69, 9.17) is 5.11 Å². The second kappa shape index (κ2) is 5.58. The normalized spacial score (nSPS) is 20.5. The van der Waals surface area contributed by atoms with Gasteiger partial charge in [0, 0.05) is 12.7 Å². The van der Waals surface area contributed by atoms with Crippen LogP contribution in [0.15, 0.2) is 18.3 Å². The van der Waals surface area contributed by atoms with Gasteiger partial charge in [-0.25, -0.2) is 18.2 Å². The molecule has 2 rings (SSSR count). The second-order valence-corrected chi connectivity index (χ2v) is 6.98. The number of sulfone groups is 1. The van der Waals surface area contributed by atoms with E-state index >= 15 is 0 Å². The van der Waals surface area contributed by atoms with Crippen LogP contribution in [-0.4, -0.2) is 47.9 Å². The van der Waals surface area contributed by atoms with Crippen LogP contribution >= 0.6 is 0 Å². The summed E-state index contributed by atoms with van der Waals surface area (Å²) in [5.74, 6) is -1.46. The molecule has 108 valence electrons. The van der Waals surface area contributed by atoms with Crippen LogP contribution in [0.2, 0.25) is 0 Å². The summed E-state index contributed by atoms with van der Waals surface area (Å²) in [7, 11) is -3.09. The van der Waals surface area contributed by atoms with E-state index in [1.807, 2.05) is 0 Å². The molecule has 0 aromatic carbocycles. The second-order valence-electron chi connectivity index (χ2n) is 4.58. The van der Waals surface area contributed by atoms with Crippen molar-refractivity contribution in [1.82, 2.24) is 10.3 Å². The zero-order chi connectivity index (χ0) is 14.8. The Labute approximate surface area is 115 Å². The molecule has 1 aromatic heterocycles. The van der Waals surface area contributed by atoms with Crippen molar-refractivity contribution in [2.75, 3.05) is 12.3 Å². The molecule has 1 aliphatic rings. The van der Waals surface area contributed by atoms with Crippen molar-refractivity contribution < 1.29 is 23.1 Å². The van der Waals surface area contributed by atoms with E-state index < -0.39 is 27.0 Å². The summed E-state index contributed by atoms with van der Waals surface area (Å²) in [5, 5.41) is 10.7. The molecule has 0 aliphatic carbocycles. The Hall–Kier alpha value is -1.96. The zero-order valence-electron chi connectivity index (χ0n) is 10.6. The molecule has 1 fully saturated rings. The molecule has 20 heavy (non-hydrogen) atoms. The van der Waals surface area contributed by atoms with Crippen LogP contribution in [0.4, 0.5) is 0 Å². The summed E-state index contributed by atoms with van der Waals surface area (Å²) in [4.78, 5) is 26.1. The molecular formula is C12H14N2O5S. The standard InChI is InChI=1S/C12H14N2O5S/c15-11(8-3-4-10(12(16)17)13-6-8)14-7-9-2-1-5-20(9,18)19/h3-4,6,9H,1-2,5,7H2,(H,14,15)(H,16,17). The fraction of sp³-hybridized carbons (Fsp3) is 0.417. The van der Waals surface area contributed by atoms with Crippen molar-refractivity contribution >= 4 is 21.7 Å². The Kier molecular flexibility index (Phi) is 4.03. The van der Waals surface area contributed by atoms with Crippen LogP contribution in [0, 0.1) is 0 Å². The van der Waals surface area contributed by atoms with Gasteiger partial charge in [0.15, 0.2) is 9.84 Å². The largest absolute Gasteiger partial charge is 0.477 e. The van der Waals surface area contributed by atoms with Gasteiger partial charge in [-0.15, -0.1) is 0 Å². The van der Waals surface area contributed by atoms with Gasteiger partial charge in [-0.2, -0.15) is 0 Å². The molecule has 2 heterocycles. The van der Waals surface area contributed by atoms with Gasteiger partial charge >= 0.3 is 5.97 Å². The molecule has 0 bridgehead atoms. The summed E-state index contributed by atoms with van der Waals surface area (Å²) in [5.41, 5.74) is 0.0466. The lowest BCUT2D eigenvalue weighted by molar-refractivity contribution is 0.0689. The number of hydrogen-bond donors (Lipinski definition) is 2. The number of carboxylic acid groups (broad SMARTS) is 1. The lowest BCUT2D eigenvalue weighted by atomic mass is 10.2. The number of aromatic nitrogens is 1. The molecule has 7 nitrogen and oxygen atoms in total. The highest BCUT2D eigenvalue weighted by atomic mass is 32.2. The molecule has 0 spiro atoms. The summed E-state index contributed by atoms with van der Waals surface area (Å²) in [6.07, 6.45) is 2.33. The Morgan fingerprint density at radius 1 is 1.40 bits per heavy atom. The van der Waals surface area contributed by atoms with Crippen LogP contribution in [0.5, 0.6) is 0 Å². The van der Waals surface area contributed by atoms with Crippen molar-refractivity contribution in [3.63, 3.8) is 0 Å². The SMILES string of the molecule is O=C(NCC1CCCS1(=O)=O)c1ccc(C(=O)O)nc1. The van der Waals surface area contributed by atoms with Crippen molar-refractivity contribution in [3.05, 3.63) is 29.6 Å². The minimum absolute atomic E-state index is 0.0713. The van der Waals surface area contributed by atoms with E-state index in [-0.39, 0.29) is 23.6 Å². The maximum absolute atomic E-state index is 11.8. The van der Waals surface area contributed by atoms with Crippen LogP contribution in [0.3, 0.4) is 0 Å². The third-order valence-electron chi connectivity index (χ3n) is 3.20. The van der Waals surface area contributed by atoms with Gasteiger partial charge in [0.05, 0.1) is 16.6 Å². The topological polar surface area (TPSA) is 113 Å². The number of amides is 1. The molecule has 0 saturated carbocycles. The van der Waals surface area contributed by atoms with E-state index in [1.165, 1.54) is 12.1 Å². The van der Waals surface area contributed by atoms with Crippen LogP contribution in [0.1, 0.15) is 33.7 Å². The van der Waals surface area contributed by atoms with Gasteiger partial charge in [-0.1, -0.05) is 0 Å². The number of carbonyl (C=O) groups is 2. The van der Waals surface area contributed by atoms with Crippen molar-refractivity contribution in [1.29, 1.82) is 0 Å². The molecule has 8 heteroatoms. The van der Waals surface area contributed by atoms with E-state index in [0.717, 1.165) is 6.20 Å². The number of carbonyl (C=O) groups excluding carboxylic acids is 1. The summed E-state index contributed by atoms with van der Waals surface area (Å²) in [6, 6.07) is 2.57. The number of pyridine rings is 1. The van der Waals surface area contributed by atoms with Gasteiger partial charge in [0.2, 0.25) is 0 Å². The van der Waals surface area contributed by atoms with E-state index in [1.54, 1.807) is 0 Å². The molecule has 1 aliphatic heterocycles. The number of aromatic carboxylic acids is 1. The Morgan fingerprint density at radius 3 is 2.65 bits per heavy atom. The monoisotopic (exact) mass is 298 g/mol. The number of hydrogen-bond acceptors (Lipinski definition) is 5. The predicted molar refractivity (Wildman–Crippen MR) is 70.3 cm³/mol. The lowest BCUT2D eigenvalue weighted by Crippen LogP contribution is -2.34. The van der Waals surface area contributed by atoms with Gasteiger partial charge in [0.1, 0.15) is 5.69 Å². The molecular weight excluding hydrogens is 284 g/mol. The maximum atomic E-state index is 11.8. The highest BCUT2D eigenvalue weighted by Gasteiger charge is 2.31. The molecule has 1 atom stereocenters. The maximum Gasteiger partial charge on any atom is 0.354 e. The first kappa shape index (κ1) is 14.4. The zero-order valence-corrected chi connectivity index (χ0v) is 11.4. The Balaban J connectivity index is 1.97. The molecule has 1 aromatic rings. The van der Waals surface area contributed by atoms with Crippen LogP contribution < -0.4 is 5.32 Å². The van der Waals surface area contributed by atoms with Crippen LogP contribution in [-0.2, 0) is 9.84 Å². The summed E-state index contributed by atoms with van der Waals surface area (Å²) in [6.45, 7) is 0.0713. The fourth-order valence-electron chi connectivity index (χ4n) is 2.05. The average Bonchev–Trinajstić information content (AvgIpc) is 2.75. The number of nitrogens with one attached hydrogen (secondary N) is 1. The minimum Gasteiger partial charge on any atom is -0.477 e. The first-order valence-corrected chi connectivity index (χ1v) is 7.81. The first-order valence-electron chi connectivity index (χ1n) is 6.09. The van der Waals surface area contributed by atoms with Gasteiger partial charge < -0.3 is 10.4 Å². The van der Waals surface area contributed by atoms with E-state index in [2.05, 4.69) is 10.3 Å². The lowest BCUT2D eigenvalue weighted by Gasteiger charge is -2.10. The highest BCUT2D eigenvalue weighted by Crippen LogP contribution is 2.19. The molecule has 1 unspecified atom stereocenters. The number of carboxylic acids is 1. The smallest absolute Gasteiger partial charge is 0.354 e. The fourth-order valence-corrected chi connectivity index (χ4v) is 3.82. The predicted octanol–water partition coefficient (Wildman–Crippen LogP) is 0.0868. The molecule has 1 saturated heterocycles. The van der Waals surface area contributed by atoms with Crippen molar-refractivity contribution in [3.8, 4) is 0 Å². The average molecular weight is 298 g/mol. The summed E-state index contributed by atoms with van der Waals surface area (Å²) < 4.78 is 23.2. The van der Waals surface area contributed by atoms with Crippen molar-refractivity contribution in [2.24, 2.45) is 0 Å². The highest BCUT2D eigenvalue weighted by molar-refractivity contribution is 7.92. The third kappa shape index (κ3) is 3.13. The van der Waals surface area contributed by atoms with E-state index in [9.17, 15) is 18.0 Å². The van der Waals surface area contributed by atoms with E-state index in [0.29, 0.717) is 12.8 Å².